The van der Waals surface area contributed by atoms with Gasteiger partial charge in [0, 0.05) is 22.7 Å². The molecule has 136 valence electrons. The minimum absolute atomic E-state index is 0.0451. The molecule has 6 heteroatoms. The van der Waals surface area contributed by atoms with E-state index in [2.05, 4.69) is 5.32 Å². The average Bonchev–Trinajstić information content (AvgIpc) is 2.63. The van der Waals surface area contributed by atoms with Crippen LogP contribution in [0.1, 0.15) is 35.7 Å². The van der Waals surface area contributed by atoms with Gasteiger partial charge in [-0.1, -0.05) is 48.0 Å². The standard InChI is InChI=1S/C20H20ClNO4/c1-13-8-9-16(12-17(13)21)22-18(23)10-11-19(24)26-14(2)20(25)15-6-4-3-5-7-15/h3-9,12,14H,10-11H2,1-2H3,(H,22,23)/t14-/m1/s1. The fraction of sp³-hybridized carbons (Fsp3) is 0.250. The minimum Gasteiger partial charge on any atom is -0.454 e. The lowest BCUT2D eigenvalue weighted by molar-refractivity contribution is -0.147. The number of esters is 1. The largest absolute Gasteiger partial charge is 0.454 e. The fourth-order valence-corrected chi connectivity index (χ4v) is 2.44. The van der Waals surface area contributed by atoms with Crippen molar-refractivity contribution in [1.82, 2.24) is 0 Å². The van der Waals surface area contributed by atoms with Gasteiger partial charge in [-0.05, 0) is 31.5 Å². The number of aryl methyl sites for hydroxylation is 1. The molecule has 0 unspecified atom stereocenters. The molecule has 1 atom stereocenters. The van der Waals surface area contributed by atoms with E-state index in [1.807, 2.05) is 6.92 Å². The third-order valence-electron chi connectivity index (χ3n) is 3.75. The molecule has 0 spiro atoms. The first-order valence-corrected chi connectivity index (χ1v) is 8.59. The SMILES string of the molecule is Cc1ccc(NC(=O)CCC(=O)O[C@H](C)C(=O)c2ccccc2)cc1Cl. The number of carbonyl (C=O) groups is 3. The van der Waals surface area contributed by atoms with Crippen molar-refractivity contribution in [3.05, 3.63) is 64.7 Å². The van der Waals surface area contributed by atoms with Crippen LogP contribution in [0.4, 0.5) is 5.69 Å². The van der Waals surface area contributed by atoms with E-state index in [1.54, 1.807) is 48.5 Å². The number of ketones is 1. The summed E-state index contributed by atoms with van der Waals surface area (Å²) in [7, 11) is 0. The van der Waals surface area contributed by atoms with Gasteiger partial charge < -0.3 is 10.1 Å². The Morgan fingerprint density at radius 1 is 1.08 bits per heavy atom. The Bertz CT molecular complexity index is 805. The summed E-state index contributed by atoms with van der Waals surface area (Å²) in [5.41, 5.74) is 1.94. The Kier molecular flexibility index (Phi) is 6.92. The summed E-state index contributed by atoms with van der Waals surface area (Å²) in [5.74, 6) is -1.21. The second-order valence-corrected chi connectivity index (χ2v) is 6.28. The number of anilines is 1. The van der Waals surface area contributed by atoms with Gasteiger partial charge in [-0.25, -0.2) is 0 Å². The lowest BCUT2D eigenvalue weighted by atomic mass is 10.1. The topological polar surface area (TPSA) is 72.5 Å². The monoisotopic (exact) mass is 373 g/mol. The second-order valence-electron chi connectivity index (χ2n) is 5.87. The maximum Gasteiger partial charge on any atom is 0.307 e. The molecule has 0 bridgehead atoms. The van der Waals surface area contributed by atoms with Crippen LogP contribution in [-0.4, -0.2) is 23.8 Å². The van der Waals surface area contributed by atoms with Gasteiger partial charge in [0.2, 0.25) is 11.7 Å². The first kappa shape index (κ1) is 19.7. The van der Waals surface area contributed by atoms with E-state index in [0.29, 0.717) is 16.3 Å². The van der Waals surface area contributed by atoms with E-state index < -0.39 is 12.1 Å². The third kappa shape index (κ3) is 5.70. The average molecular weight is 374 g/mol. The summed E-state index contributed by atoms with van der Waals surface area (Å²) in [6.45, 7) is 3.38. The maximum atomic E-state index is 12.1. The lowest BCUT2D eigenvalue weighted by Crippen LogP contribution is -2.25. The van der Waals surface area contributed by atoms with Crippen LogP contribution in [0.25, 0.3) is 0 Å². The van der Waals surface area contributed by atoms with E-state index in [9.17, 15) is 14.4 Å². The molecule has 2 aromatic rings. The normalized spacial score (nSPS) is 11.5. The smallest absolute Gasteiger partial charge is 0.307 e. The van der Waals surface area contributed by atoms with E-state index >= 15 is 0 Å². The fourth-order valence-electron chi connectivity index (χ4n) is 2.26. The van der Waals surface area contributed by atoms with Crippen molar-refractivity contribution in [3.63, 3.8) is 0 Å². The number of ether oxygens (including phenoxy) is 1. The van der Waals surface area contributed by atoms with Crippen molar-refractivity contribution >= 4 is 34.9 Å². The van der Waals surface area contributed by atoms with Crippen molar-refractivity contribution in [2.45, 2.75) is 32.8 Å². The predicted molar refractivity (Wildman–Crippen MR) is 100 cm³/mol. The highest BCUT2D eigenvalue weighted by molar-refractivity contribution is 6.31. The van der Waals surface area contributed by atoms with Crippen LogP contribution >= 0.6 is 11.6 Å². The van der Waals surface area contributed by atoms with Gasteiger partial charge in [0.15, 0.2) is 6.10 Å². The highest BCUT2D eigenvalue weighted by Gasteiger charge is 2.19. The van der Waals surface area contributed by atoms with Crippen LogP contribution in [0, 0.1) is 6.92 Å². The molecule has 0 heterocycles. The molecule has 1 amide bonds. The van der Waals surface area contributed by atoms with Gasteiger partial charge >= 0.3 is 5.97 Å². The molecule has 0 saturated carbocycles. The molecule has 0 fully saturated rings. The van der Waals surface area contributed by atoms with E-state index in [-0.39, 0.29) is 24.5 Å². The predicted octanol–water partition coefficient (Wildman–Crippen LogP) is 4.18. The molecule has 0 aliphatic carbocycles. The summed E-state index contributed by atoms with van der Waals surface area (Å²) >= 11 is 6.00. The van der Waals surface area contributed by atoms with Gasteiger partial charge in [-0.15, -0.1) is 0 Å². The van der Waals surface area contributed by atoms with Crippen molar-refractivity contribution in [2.75, 3.05) is 5.32 Å². The van der Waals surface area contributed by atoms with E-state index in [4.69, 9.17) is 16.3 Å². The van der Waals surface area contributed by atoms with Crippen LogP contribution in [0.5, 0.6) is 0 Å². The van der Waals surface area contributed by atoms with Crippen LogP contribution in [0.15, 0.2) is 48.5 Å². The quantitative estimate of drug-likeness (QED) is 0.583. The zero-order valence-electron chi connectivity index (χ0n) is 14.6. The molecule has 5 nitrogen and oxygen atoms in total. The Hall–Kier alpha value is -2.66. The summed E-state index contributed by atoms with van der Waals surface area (Å²) in [5, 5.41) is 3.22. The molecule has 2 rings (SSSR count). The Balaban J connectivity index is 1.79. The van der Waals surface area contributed by atoms with Crippen molar-refractivity contribution in [1.29, 1.82) is 0 Å². The number of rotatable bonds is 7. The summed E-state index contributed by atoms with van der Waals surface area (Å²) in [6, 6.07) is 13.8. The zero-order valence-corrected chi connectivity index (χ0v) is 15.4. The summed E-state index contributed by atoms with van der Waals surface area (Å²) in [6.07, 6.45) is -1.06. The van der Waals surface area contributed by atoms with E-state index in [1.165, 1.54) is 6.92 Å². The number of carbonyl (C=O) groups excluding carboxylic acids is 3. The molecule has 0 aromatic heterocycles. The summed E-state index contributed by atoms with van der Waals surface area (Å²) < 4.78 is 5.11. The molecule has 2 aromatic carbocycles. The van der Waals surface area contributed by atoms with Gasteiger partial charge in [0.05, 0.1) is 6.42 Å². The lowest BCUT2D eigenvalue weighted by Gasteiger charge is -2.12. The molecular formula is C20H20ClNO4. The van der Waals surface area contributed by atoms with Gasteiger partial charge in [-0.2, -0.15) is 0 Å². The first-order valence-electron chi connectivity index (χ1n) is 8.21. The van der Waals surface area contributed by atoms with Crippen molar-refractivity contribution in [3.8, 4) is 0 Å². The zero-order chi connectivity index (χ0) is 19.1. The molecule has 0 aliphatic heterocycles. The highest BCUT2D eigenvalue weighted by Crippen LogP contribution is 2.20. The minimum atomic E-state index is -0.899. The number of benzene rings is 2. The molecule has 0 radical (unpaired) electrons. The maximum absolute atomic E-state index is 12.1. The molecule has 1 N–H and O–H groups in total. The molecule has 0 saturated heterocycles. The first-order chi connectivity index (χ1) is 12.4. The number of Topliss-reactive ketones (excluding diaryl/α,β-unsaturated/α-hetero) is 1. The number of amides is 1. The van der Waals surface area contributed by atoms with Crippen molar-refractivity contribution in [2.24, 2.45) is 0 Å². The van der Waals surface area contributed by atoms with Gasteiger partial charge in [0.25, 0.3) is 0 Å². The molecular weight excluding hydrogens is 354 g/mol. The second kappa shape index (κ2) is 9.15. The number of halogens is 1. The Morgan fingerprint density at radius 2 is 1.77 bits per heavy atom. The Labute approximate surface area is 157 Å². The van der Waals surface area contributed by atoms with E-state index in [0.717, 1.165) is 5.56 Å². The number of nitrogens with one attached hydrogen (secondary N) is 1. The number of hydrogen-bond acceptors (Lipinski definition) is 4. The van der Waals surface area contributed by atoms with Crippen LogP contribution in [0.2, 0.25) is 5.02 Å². The van der Waals surface area contributed by atoms with Crippen LogP contribution in [0.3, 0.4) is 0 Å². The molecule has 0 aliphatic rings. The number of hydrogen-bond donors (Lipinski definition) is 1. The van der Waals surface area contributed by atoms with Crippen LogP contribution < -0.4 is 5.32 Å². The van der Waals surface area contributed by atoms with Gasteiger partial charge in [0.1, 0.15) is 0 Å². The van der Waals surface area contributed by atoms with Gasteiger partial charge in [-0.3, -0.25) is 14.4 Å². The summed E-state index contributed by atoms with van der Waals surface area (Å²) in [4.78, 5) is 35.9. The Morgan fingerprint density at radius 3 is 2.42 bits per heavy atom. The van der Waals surface area contributed by atoms with Crippen molar-refractivity contribution < 1.29 is 19.1 Å². The highest BCUT2D eigenvalue weighted by atomic mass is 35.5. The third-order valence-corrected chi connectivity index (χ3v) is 4.15. The van der Waals surface area contributed by atoms with Crippen LogP contribution in [-0.2, 0) is 14.3 Å². The molecule has 26 heavy (non-hydrogen) atoms.